The fraction of sp³-hybridized carbons (Fsp3) is 0.353. The van der Waals surface area contributed by atoms with E-state index in [1.54, 1.807) is 18.4 Å². The molecule has 1 atom stereocenters. The van der Waals surface area contributed by atoms with Crippen molar-refractivity contribution in [3.63, 3.8) is 0 Å². The Morgan fingerprint density at radius 3 is 2.31 bits per heavy atom. The number of hydrogen-bond acceptors (Lipinski definition) is 7. The van der Waals surface area contributed by atoms with E-state index in [9.17, 15) is 9.59 Å². The van der Waals surface area contributed by atoms with Crippen molar-refractivity contribution < 1.29 is 19.0 Å². The highest BCUT2D eigenvalue weighted by molar-refractivity contribution is 7.98. The van der Waals surface area contributed by atoms with Gasteiger partial charge in [-0.25, -0.2) is 4.98 Å². The third kappa shape index (κ3) is 3.10. The van der Waals surface area contributed by atoms with Crippen molar-refractivity contribution in [2.45, 2.75) is 17.5 Å². The first kappa shape index (κ1) is 18.1. The molecule has 1 aliphatic heterocycles. The number of carbonyl (C=O) groups is 1. The molecule has 0 bridgehead atoms. The summed E-state index contributed by atoms with van der Waals surface area (Å²) in [6.07, 6.45) is 1.92. The van der Waals surface area contributed by atoms with Crippen LogP contribution in [0.1, 0.15) is 23.5 Å². The van der Waals surface area contributed by atoms with Gasteiger partial charge in [-0.1, -0.05) is 11.8 Å². The molecule has 0 radical (unpaired) electrons. The minimum atomic E-state index is -0.473. The predicted octanol–water partition coefficient (Wildman–Crippen LogP) is 1.99. The van der Waals surface area contributed by atoms with E-state index in [2.05, 4.69) is 15.3 Å². The zero-order valence-corrected chi connectivity index (χ0v) is 15.7. The van der Waals surface area contributed by atoms with Crippen LogP contribution in [0.3, 0.4) is 0 Å². The molecule has 1 aliphatic rings. The number of methoxy groups -OCH3 is 3. The molecular formula is C17H19N3O5S. The van der Waals surface area contributed by atoms with Crippen LogP contribution < -0.4 is 25.1 Å². The molecular weight excluding hydrogens is 358 g/mol. The van der Waals surface area contributed by atoms with Crippen molar-refractivity contribution in [2.75, 3.05) is 32.9 Å². The van der Waals surface area contributed by atoms with Crippen LogP contribution in [0.15, 0.2) is 22.1 Å². The number of benzene rings is 1. The third-order valence-corrected chi connectivity index (χ3v) is 4.79. The van der Waals surface area contributed by atoms with Crippen LogP contribution in [0.25, 0.3) is 0 Å². The largest absolute Gasteiger partial charge is 0.493 e. The number of fused-ring (bicyclic) bond motifs is 1. The predicted molar refractivity (Wildman–Crippen MR) is 97.8 cm³/mol. The zero-order chi connectivity index (χ0) is 18.8. The topological polar surface area (TPSA) is 103 Å². The lowest BCUT2D eigenvalue weighted by atomic mass is 9.86. The van der Waals surface area contributed by atoms with Crippen molar-refractivity contribution in [3.05, 3.63) is 33.6 Å². The first-order chi connectivity index (χ1) is 12.5. The van der Waals surface area contributed by atoms with E-state index in [4.69, 9.17) is 14.2 Å². The van der Waals surface area contributed by atoms with Gasteiger partial charge in [-0.05, 0) is 24.0 Å². The second-order valence-corrected chi connectivity index (χ2v) is 6.40. The monoisotopic (exact) mass is 377 g/mol. The number of nitrogens with one attached hydrogen (secondary N) is 2. The Labute approximate surface area is 154 Å². The zero-order valence-electron chi connectivity index (χ0n) is 14.8. The molecule has 2 aromatic rings. The fourth-order valence-corrected chi connectivity index (χ4v) is 3.41. The maximum absolute atomic E-state index is 12.6. The summed E-state index contributed by atoms with van der Waals surface area (Å²) in [6.45, 7) is 0. The van der Waals surface area contributed by atoms with Gasteiger partial charge in [0, 0.05) is 12.3 Å². The van der Waals surface area contributed by atoms with E-state index < -0.39 is 5.92 Å². The average molecular weight is 377 g/mol. The lowest BCUT2D eigenvalue weighted by molar-refractivity contribution is -0.116. The lowest BCUT2D eigenvalue weighted by Crippen LogP contribution is -2.31. The first-order valence-corrected chi connectivity index (χ1v) is 9.02. The maximum atomic E-state index is 12.6. The molecule has 0 saturated heterocycles. The summed E-state index contributed by atoms with van der Waals surface area (Å²) in [4.78, 5) is 31.9. The summed E-state index contributed by atoms with van der Waals surface area (Å²) in [7, 11) is 4.55. The highest BCUT2D eigenvalue weighted by Crippen LogP contribution is 2.43. The second-order valence-electron chi connectivity index (χ2n) is 5.60. The van der Waals surface area contributed by atoms with E-state index in [1.807, 2.05) is 0 Å². The number of thioether (sulfide) groups is 1. The minimum absolute atomic E-state index is 0.120. The van der Waals surface area contributed by atoms with E-state index in [0.29, 0.717) is 33.5 Å². The number of H-pyrrole nitrogens is 1. The molecule has 138 valence electrons. The Bertz CT molecular complexity index is 887. The molecule has 0 aliphatic carbocycles. The summed E-state index contributed by atoms with van der Waals surface area (Å²) in [5.41, 5.74) is 0.842. The maximum Gasteiger partial charge on any atom is 0.257 e. The number of aromatic nitrogens is 2. The van der Waals surface area contributed by atoms with Crippen molar-refractivity contribution in [2.24, 2.45) is 0 Å². The molecule has 3 rings (SSSR count). The van der Waals surface area contributed by atoms with Gasteiger partial charge in [0.25, 0.3) is 5.56 Å². The Balaban J connectivity index is 2.20. The molecule has 0 spiro atoms. The molecule has 9 heteroatoms. The molecule has 8 nitrogen and oxygen atoms in total. The molecule has 2 N–H and O–H groups in total. The molecule has 0 saturated carbocycles. The van der Waals surface area contributed by atoms with Gasteiger partial charge in [-0.3, -0.25) is 9.59 Å². The molecule has 1 aromatic heterocycles. The Hall–Kier alpha value is -2.68. The Morgan fingerprint density at radius 2 is 1.77 bits per heavy atom. The molecule has 0 fully saturated rings. The summed E-state index contributed by atoms with van der Waals surface area (Å²) in [5, 5.41) is 3.13. The van der Waals surface area contributed by atoms with Crippen molar-refractivity contribution >= 4 is 23.5 Å². The number of aromatic amines is 1. The number of anilines is 1. The van der Waals surface area contributed by atoms with Crippen molar-refractivity contribution in [1.82, 2.24) is 9.97 Å². The summed E-state index contributed by atoms with van der Waals surface area (Å²) < 4.78 is 16.1. The van der Waals surface area contributed by atoms with Gasteiger partial charge in [0.2, 0.25) is 11.7 Å². The van der Waals surface area contributed by atoms with Gasteiger partial charge in [-0.15, -0.1) is 0 Å². The van der Waals surface area contributed by atoms with Crippen LogP contribution >= 0.6 is 11.8 Å². The van der Waals surface area contributed by atoms with Crippen LogP contribution in [0.4, 0.5) is 5.82 Å². The van der Waals surface area contributed by atoms with E-state index in [0.717, 1.165) is 0 Å². The highest BCUT2D eigenvalue weighted by atomic mass is 32.2. The van der Waals surface area contributed by atoms with E-state index in [1.165, 1.54) is 33.1 Å². The lowest BCUT2D eigenvalue weighted by Gasteiger charge is -2.25. The van der Waals surface area contributed by atoms with Gasteiger partial charge in [-0.2, -0.15) is 0 Å². The minimum Gasteiger partial charge on any atom is -0.493 e. The normalized spacial score (nSPS) is 15.8. The van der Waals surface area contributed by atoms with Gasteiger partial charge in [0.15, 0.2) is 16.7 Å². The van der Waals surface area contributed by atoms with Gasteiger partial charge in [0.1, 0.15) is 5.82 Å². The standard InChI is InChI=1S/C17H19N3O5S/c1-23-10-5-8(6-11(24-2)14(10)25-3)9-7-12(21)18-15-13(9)16(22)20-17(19-15)26-4/h5-6,9H,7H2,1-4H3,(H2,18,19,20,21,22)/t9-/m0/s1. The van der Waals surface area contributed by atoms with Crippen LogP contribution in [0.2, 0.25) is 0 Å². The van der Waals surface area contributed by atoms with Gasteiger partial charge < -0.3 is 24.5 Å². The third-order valence-electron chi connectivity index (χ3n) is 4.21. The first-order valence-electron chi connectivity index (χ1n) is 7.80. The highest BCUT2D eigenvalue weighted by Gasteiger charge is 2.32. The summed E-state index contributed by atoms with van der Waals surface area (Å²) in [5.74, 6) is 0.970. The number of ether oxygens (including phenoxy) is 3. The number of amides is 1. The number of rotatable bonds is 5. The summed E-state index contributed by atoms with van der Waals surface area (Å²) >= 11 is 1.30. The number of carbonyl (C=O) groups excluding carboxylic acids is 1. The fourth-order valence-electron chi connectivity index (χ4n) is 3.03. The molecule has 1 amide bonds. The quantitative estimate of drug-likeness (QED) is 0.607. The Kier molecular flexibility index (Phi) is 5.08. The SMILES string of the molecule is COc1cc([C@@H]2CC(=O)Nc3nc(SC)[nH]c(=O)c32)cc(OC)c1OC. The van der Waals surface area contributed by atoms with Crippen molar-refractivity contribution in [3.8, 4) is 17.2 Å². The average Bonchev–Trinajstić information content (AvgIpc) is 2.65. The van der Waals surface area contributed by atoms with Crippen molar-refractivity contribution in [1.29, 1.82) is 0 Å². The smallest absolute Gasteiger partial charge is 0.257 e. The molecule has 0 unspecified atom stereocenters. The van der Waals surface area contributed by atoms with E-state index in [-0.39, 0.29) is 23.7 Å². The summed E-state index contributed by atoms with van der Waals surface area (Å²) in [6, 6.07) is 3.49. The molecule has 26 heavy (non-hydrogen) atoms. The van der Waals surface area contributed by atoms with Crippen LogP contribution in [0, 0.1) is 0 Å². The number of nitrogens with zero attached hydrogens (tertiary/aromatic N) is 1. The molecule has 1 aromatic carbocycles. The Morgan fingerprint density at radius 1 is 1.12 bits per heavy atom. The van der Waals surface area contributed by atoms with E-state index >= 15 is 0 Å². The number of hydrogen-bond donors (Lipinski definition) is 2. The van der Waals surface area contributed by atoms with Gasteiger partial charge >= 0.3 is 0 Å². The second kappa shape index (κ2) is 7.28. The molecule has 2 heterocycles. The van der Waals surface area contributed by atoms with Gasteiger partial charge in [0.05, 0.1) is 26.9 Å². The van der Waals surface area contributed by atoms with Crippen LogP contribution in [0.5, 0.6) is 17.2 Å². The van der Waals surface area contributed by atoms with Crippen LogP contribution in [-0.4, -0.2) is 43.5 Å². The van der Waals surface area contributed by atoms with Crippen LogP contribution in [-0.2, 0) is 4.79 Å².